The Labute approximate surface area is 217 Å². The van der Waals surface area contributed by atoms with Gasteiger partial charge in [0, 0.05) is 30.5 Å². The Bertz CT molecular complexity index is 1100. The number of carbonyl (C=O) groups excluding carboxylic acids is 1. The lowest BCUT2D eigenvalue weighted by atomic mass is 9.91. The molecule has 35 heavy (non-hydrogen) atoms. The van der Waals surface area contributed by atoms with Crippen LogP contribution in [0.4, 0.5) is 5.69 Å². The summed E-state index contributed by atoms with van der Waals surface area (Å²) in [5.74, 6) is 1.32. The molecule has 0 fully saturated rings. The van der Waals surface area contributed by atoms with E-state index in [0.717, 1.165) is 46.8 Å². The molecule has 5 nitrogen and oxygen atoms in total. The highest BCUT2D eigenvalue weighted by atomic mass is 35.5. The average molecular weight is 512 g/mol. The van der Waals surface area contributed by atoms with E-state index in [4.69, 9.17) is 27.9 Å². The maximum absolute atomic E-state index is 13.2. The summed E-state index contributed by atoms with van der Waals surface area (Å²) in [7, 11) is 1.64. The van der Waals surface area contributed by atoms with Crippen molar-refractivity contribution in [1.82, 2.24) is 5.43 Å². The number of nitrogens with one attached hydrogen (secondary N) is 1. The van der Waals surface area contributed by atoms with Crippen LogP contribution in [0.2, 0.25) is 0 Å². The van der Waals surface area contributed by atoms with Gasteiger partial charge >= 0.3 is 0 Å². The second-order valence-electron chi connectivity index (χ2n) is 8.16. The number of carbonyl (C=O) groups is 1. The largest absolute Gasteiger partial charge is 0.497 e. The van der Waals surface area contributed by atoms with Crippen molar-refractivity contribution in [2.75, 3.05) is 36.9 Å². The van der Waals surface area contributed by atoms with Gasteiger partial charge in [0.2, 0.25) is 5.91 Å². The molecule has 0 unspecified atom stereocenters. The van der Waals surface area contributed by atoms with Gasteiger partial charge in [0.25, 0.3) is 0 Å². The van der Waals surface area contributed by atoms with Gasteiger partial charge in [-0.1, -0.05) is 48.5 Å². The minimum absolute atomic E-state index is 0.159. The molecule has 0 aliphatic heterocycles. The quantitative estimate of drug-likeness (QED) is 0.191. The van der Waals surface area contributed by atoms with Gasteiger partial charge in [0.15, 0.2) is 0 Å². The molecule has 1 N–H and O–H groups in total. The summed E-state index contributed by atoms with van der Waals surface area (Å²) in [4.78, 5) is 15.3. The summed E-state index contributed by atoms with van der Waals surface area (Å²) < 4.78 is 5.24. The molecular formula is C28H31Cl2N3O2. The van der Waals surface area contributed by atoms with Crippen LogP contribution < -0.4 is 15.1 Å². The number of amides is 1. The van der Waals surface area contributed by atoms with Gasteiger partial charge in [0.1, 0.15) is 5.75 Å². The zero-order valence-corrected chi connectivity index (χ0v) is 21.6. The molecule has 0 heterocycles. The van der Waals surface area contributed by atoms with E-state index < -0.39 is 0 Å². The molecule has 3 rings (SSSR count). The highest BCUT2D eigenvalue weighted by Crippen LogP contribution is 2.23. The van der Waals surface area contributed by atoms with Gasteiger partial charge in [-0.25, -0.2) is 5.43 Å². The maximum Gasteiger partial charge on any atom is 0.247 e. The number of hydrogen-bond acceptors (Lipinski definition) is 4. The number of benzene rings is 3. The predicted molar refractivity (Wildman–Crippen MR) is 146 cm³/mol. The Morgan fingerprint density at radius 2 is 1.71 bits per heavy atom. The molecule has 0 aliphatic rings. The number of halogens is 2. The Hall–Kier alpha value is -3.02. The fourth-order valence-corrected chi connectivity index (χ4v) is 4.27. The van der Waals surface area contributed by atoms with Crippen LogP contribution >= 0.6 is 23.2 Å². The van der Waals surface area contributed by atoms with Crippen LogP contribution in [0.3, 0.4) is 0 Å². The highest BCUT2D eigenvalue weighted by Gasteiger charge is 2.21. The lowest BCUT2D eigenvalue weighted by Gasteiger charge is -2.23. The first-order chi connectivity index (χ1) is 17.0. The molecule has 3 aromatic rings. The minimum Gasteiger partial charge on any atom is -0.497 e. The van der Waals surface area contributed by atoms with Crippen LogP contribution in [0.25, 0.3) is 0 Å². The molecule has 0 saturated heterocycles. The zero-order valence-electron chi connectivity index (χ0n) is 20.1. The van der Waals surface area contributed by atoms with Crippen molar-refractivity contribution in [2.24, 2.45) is 5.10 Å². The number of aryl methyl sites for hydroxylation is 1. The SMILES string of the molecule is COc1ccc(C[C@H](C(=O)N/N=C/c2ccc(N(CCCl)CCCl)cc2C)c2ccccc2)cc1. The van der Waals surface area contributed by atoms with Crippen molar-refractivity contribution >= 4 is 41.0 Å². The molecule has 184 valence electrons. The summed E-state index contributed by atoms with van der Waals surface area (Å²) in [6.07, 6.45) is 2.24. The molecule has 3 aromatic carbocycles. The van der Waals surface area contributed by atoms with Crippen molar-refractivity contribution in [3.8, 4) is 5.75 Å². The molecule has 0 aromatic heterocycles. The maximum atomic E-state index is 13.2. The van der Waals surface area contributed by atoms with E-state index in [1.807, 2.05) is 73.7 Å². The Kier molecular flexibility index (Phi) is 10.5. The van der Waals surface area contributed by atoms with Crippen molar-refractivity contribution in [2.45, 2.75) is 19.3 Å². The number of hydrogen-bond donors (Lipinski definition) is 1. The summed E-state index contributed by atoms with van der Waals surface area (Å²) >= 11 is 11.9. The third kappa shape index (κ3) is 7.74. The van der Waals surface area contributed by atoms with E-state index in [0.29, 0.717) is 18.2 Å². The van der Waals surface area contributed by atoms with E-state index in [1.165, 1.54) is 0 Å². The van der Waals surface area contributed by atoms with E-state index in [1.54, 1.807) is 13.3 Å². The number of alkyl halides is 2. The van der Waals surface area contributed by atoms with Crippen LogP contribution in [0, 0.1) is 6.92 Å². The fraction of sp³-hybridized carbons (Fsp3) is 0.286. The molecule has 1 amide bonds. The van der Waals surface area contributed by atoms with Crippen molar-refractivity contribution < 1.29 is 9.53 Å². The summed E-state index contributed by atoms with van der Waals surface area (Å²) in [5, 5.41) is 4.26. The molecule has 0 spiro atoms. The van der Waals surface area contributed by atoms with Gasteiger partial charge in [-0.05, 0) is 59.9 Å². The summed E-state index contributed by atoms with van der Waals surface area (Å²) in [5.41, 5.74) is 7.76. The minimum atomic E-state index is -0.370. The van der Waals surface area contributed by atoms with Crippen LogP contribution in [-0.2, 0) is 11.2 Å². The van der Waals surface area contributed by atoms with Gasteiger partial charge in [-0.2, -0.15) is 5.10 Å². The summed E-state index contributed by atoms with van der Waals surface area (Å²) in [6, 6.07) is 23.6. The topological polar surface area (TPSA) is 53.9 Å². The predicted octanol–water partition coefficient (Wildman–Crippen LogP) is 5.76. The number of methoxy groups -OCH3 is 1. The molecule has 0 bridgehead atoms. The van der Waals surface area contributed by atoms with Crippen LogP contribution in [0.5, 0.6) is 5.75 Å². The van der Waals surface area contributed by atoms with Gasteiger partial charge in [-0.3, -0.25) is 4.79 Å². The standard InChI is InChI=1S/C28H31Cl2N3O2/c1-21-18-25(33(16-14-29)17-15-30)11-10-24(21)20-31-32-28(34)27(23-6-4-3-5-7-23)19-22-8-12-26(35-2)13-9-22/h3-13,18,20,27H,14-17,19H2,1-2H3,(H,32,34)/b31-20+/t27-/m0/s1. The second-order valence-corrected chi connectivity index (χ2v) is 8.91. The molecular weight excluding hydrogens is 481 g/mol. The van der Waals surface area contributed by atoms with Gasteiger partial charge in [0.05, 0.1) is 19.2 Å². The number of nitrogens with zero attached hydrogens (tertiary/aromatic N) is 2. The third-order valence-corrected chi connectivity index (χ3v) is 6.16. The number of ether oxygens (including phenoxy) is 1. The third-order valence-electron chi connectivity index (χ3n) is 5.82. The van der Waals surface area contributed by atoms with Gasteiger partial charge in [-0.15, -0.1) is 23.2 Å². The second kappa shape index (κ2) is 13.8. The van der Waals surface area contributed by atoms with Crippen molar-refractivity contribution in [3.63, 3.8) is 0 Å². The lowest BCUT2D eigenvalue weighted by molar-refractivity contribution is -0.122. The Morgan fingerprint density at radius 1 is 1.03 bits per heavy atom. The number of rotatable bonds is 12. The van der Waals surface area contributed by atoms with Crippen molar-refractivity contribution in [1.29, 1.82) is 0 Å². The van der Waals surface area contributed by atoms with E-state index >= 15 is 0 Å². The van der Waals surface area contributed by atoms with Crippen molar-refractivity contribution in [3.05, 3.63) is 95.1 Å². The average Bonchev–Trinajstić information content (AvgIpc) is 2.89. The molecule has 7 heteroatoms. The first kappa shape index (κ1) is 26.6. The lowest BCUT2D eigenvalue weighted by Crippen LogP contribution is -2.27. The normalized spacial score (nSPS) is 11.9. The molecule has 1 atom stereocenters. The molecule has 0 radical (unpaired) electrons. The first-order valence-corrected chi connectivity index (χ1v) is 12.6. The highest BCUT2D eigenvalue weighted by molar-refractivity contribution is 6.18. The smallest absolute Gasteiger partial charge is 0.247 e. The van der Waals surface area contributed by atoms with E-state index in [-0.39, 0.29) is 11.8 Å². The molecule has 0 saturated carbocycles. The van der Waals surface area contributed by atoms with E-state index in [9.17, 15) is 4.79 Å². The van der Waals surface area contributed by atoms with Crippen LogP contribution in [0.1, 0.15) is 28.2 Å². The van der Waals surface area contributed by atoms with Gasteiger partial charge < -0.3 is 9.64 Å². The number of hydrazone groups is 1. The van der Waals surface area contributed by atoms with Crippen LogP contribution in [0.15, 0.2) is 77.9 Å². The Balaban J connectivity index is 1.72. The van der Waals surface area contributed by atoms with Crippen LogP contribution in [-0.4, -0.2) is 44.1 Å². The monoisotopic (exact) mass is 511 g/mol. The fourth-order valence-electron chi connectivity index (χ4n) is 3.86. The first-order valence-electron chi connectivity index (χ1n) is 11.5. The zero-order chi connectivity index (χ0) is 25.0. The molecule has 0 aliphatic carbocycles. The number of anilines is 1. The van der Waals surface area contributed by atoms with E-state index in [2.05, 4.69) is 21.5 Å². The summed E-state index contributed by atoms with van der Waals surface area (Å²) in [6.45, 7) is 3.47. The Morgan fingerprint density at radius 3 is 2.31 bits per heavy atom.